The molecule has 0 saturated carbocycles. The van der Waals surface area contributed by atoms with Gasteiger partial charge in [-0.3, -0.25) is 0 Å². The van der Waals surface area contributed by atoms with Crippen LogP contribution in [-0.4, -0.2) is 52.1 Å². The Bertz CT molecular complexity index is 1160. The van der Waals surface area contributed by atoms with E-state index in [-0.39, 0.29) is 5.92 Å². The Morgan fingerprint density at radius 1 is 1.06 bits per heavy atom. The van der Waals surface area contributed by atoms with Crippen LogP contribution in [0, 0.1) is 0 Å². The van der Waals surface area contributed by atoms with Gasteiger partial charge in [0, 0.05) is 42.8 Å². The standard InChI is InChI=1S/C23H26N6O2/c1-16(19-6-4-5-7-21(19)31-3)12-24-22-11-20(26-15-27-22)17-10-18-14-28-29(8-9-30-2)23(18)25-13-17/h4-7,10-11,13-16H,8-9,12H2,1-3H3,(H,24,26,27). The van der Waals surface area contributed by atoms with E-state index in [2.05, 4.69) is 38.4 Å². The molecule has 31 heavy (non-hydrogen) atoms. The Morgan fingerprint density at radius 2 is 1.94 bits per heavy atom. The first-order valence-electron chi connectivity index (χ1n) is 10.2. The summed E-state index contributed by atoms with van der Waals surface area (Å²) in [6, 6.07) is 12.1. The van der Waals surface area contributed by atoms with Gasteiger partial charge < -0.3 is 14.8 Å². The molecule has 3 heterocycles. The van der Waals surface area contributed by atoms with Crippen molar-refractivity contribution in [3.05, 3.63) is 60.7 Å². The second-order valence-corrected chi connectivity index (χ2v) is 7.31. The number of ether oxygens (including phenoxy) is 2. The van der Waals surface area contributed by atoms with E-state index >= 15 is 0 Å². The number of para-hydroxylation sites is 1. The Balaban J connectivity index is 1.49. The summed E-state index contributed by atoms with van der Waals surface area (Å²) in [4.78, 5) is 13.4. The van der Waals surface area contributed by atoms with Gasteiger partial charge in [0.2, 0.25) is 0 Å². The maximum atomic E-state index is 5.48. The molecular weight excluding hydrogens is 392 g/mol. The van der Waals surface area contributed by atoms with Crippen molar-refractivity contribution in [2.24, 2.45) is 0 Å². The number of nitrogens with zero attached hydrogens (tertiary/aromatic N) is 5. The number of nitrogens with one attached hydrogen (secondary N) is 1. The third-order valence-electron chi connectivity index (χ3n) is 5.21. The molecule has 8 heteroatoms. The number of fused-ring (bicyclic) bond motifs is 1. The topological polar surface area (TPSA) is 87.0 Å². The maximum Gasteiger partial charge on any atom is 0.157 e. The van der Waals surface area contributed by atoms with E-state index in [1.807, 2.05) is 47.4 Å². The lowest BCUT2D eigenvalue weighted by atomic mass is 10.00. The molecule has 3 aromatic heterocycles. The number of rotatable bonds is 9. The molecule has 1 unspecified atom stereocenters. The fourth-order valence-electron chi connectivity index (χ4n) is 3.51. The molecule has 4 rings (SSSR count). The molecule has 1 aromatic carbocycles. The second kappa shape index (κ2) is 9.53. The zero-order chi connectivity index (χ0) is 21.6. The Kier molecular flexibility index (Phi) is 6.37. The normalized spacial score (nSPS) is 12.1. The quantitative estimate of drug-likeness (QED) is 0.443. The minimum Gasteiger partial charge on any atom is -0.496 e. The maximum absolute atomic E-state index is 5.48. The molecule has 0 amide bonds. The SMILES string of the molecule is COCCn1ncc2cc(-c3cc(NCC(C)c4ccccc4OC)ncn3)cnc21. The van der Waals surface area contributed by atoms with Crippen molar-refractivity contribution >= 4 is 16.9 Å². The zero-order valence-electron chi connectivity index (χ0n) is 17.9. The second-order valence-electron chi connectivity index (χ2n) is 7.31. The lowest BCUT2D eigenvalue weighted by Crippen LogP contribution is -2.12. The monoisotopic (exact) mass is 418 g/mol. The van der Waals surface area contributed by atoms with Crippen molar-refractivity contribution in [3.8, 4) is 17.0 Å². The van der Waals surface area contributed by atoms with E-state index in [0.717, 1.165) is 46.0 Å². The van der Waals surface area contributed by atoms with Gasteiger partial charge in [0.1, 0.15) is 17.9 Å². The molecule has 0 bridgehead atoms. The van der Waals surface area contributed by atoms with Crippen molar-refractivity contribution in [3.63, 3.8) is 0 Å². The number of anilines is 1. The molecule has 1 atom stereocenters. The molecular formula is C23H26N6O2. The molecule has 0 aliphatic heterocycles. The summed E-state index contributed by atoms with van der Waals surface area (Å²) in [6.45, 7) is 4.14. The smallest absolute Gasteiger partial charge is 0.157 e. The van der Waals surface area contributed by atoms with Gasteiger partial charge in [-0.1, -0.05) is 25.1 Å². The first-order chi connectivity index (χ1) is 15.2. The highest BCUT2D eigenvalue weighted by Gasteiger charge is 2.12. The Labute approximate surface area is 181 Å². The van der Waals surface area contributed by atoms with E-state index in [4.69, 9.17) is 9.47 Å². The van der Waals surface area contributed by atoms with E-state index in [1.165, 1.54) is 0 Å². The lowest BCUT2D eigenvalue weighted by Gasteiger charge is -2.16. The van der Waals surface area contributed by atoms with Gasteiger partial charge in [0.05, 0.1) is 32.2 Å². The van der Waals surface area contributed by atoms with Crippen LogP contribution < -0.4 is 10.1 Å². The van der Waals surface area contributed by atoms with Crippen molar-refractivity contribution in [1.29, 1.82) is 0 Å². The molecule has 160 valence electrons. The Morgan fingerprint density at radius 3 is 2.77 bits per heavy atom. The molecule has 0 aliphatic rings. The van der Waals surface area contributed by atoms with Crippen molar-refractivity contribution in [1.82, 2.24) is 24.7 Å². The van der Waals surface area contributed by atoms with Gasteiger partial charge >= 0.3 is 0 Å². The molecule has 4 aromatic rings. The van der Waals surface area contributed by atoms with Gasteiger partial charge in [-0.2, -0.15) is 5.10 Å². The zero-order valence-corrected chi connectivity index (χ0v) is 17.9. The minimum atomic E-state index is 0.255. The van der Waals surface area contributed by atoms with Gasteiger partial charge in [0.25, 0.3) is 0 Å². The van der Waals surface area contributed by atoms with Crippen LogP contribution in [0.3, 0.4) is 0 Å². The summed E-state index contributed by atoms with van der Waals surface area (Å²) in [7, 11) is 3.37. The summed E-state index contributed by atoms with van der Waals surface area (Å²) in [5.41, 5.74) is 3.72. The first-order valence-corrected chi connectivity index (χ1v) is 10.2. The molecule has 1 N–H and O–H groups in total. The van der Waals surface area contributed by atoms with Crippen LogP contribution in [0.25, 0.3) is 22.3 Å². The van der Waals surface area contributed by atoms with Crippen LogP contribution >= 0.6 is 0 Å². The summed E-state index contributed by atoms with van der Waals surface area (Å²) >= 11 is 0. The third-order valence-corrected chi connectivity index (χ3v) is 5.21. The van der Waals surface area contributed by atoms with Crippen molar-refractivity contribution < 1.29 is 9.47 Å². The number of benzene rings is 1. The highest BCUT2D eigenvalue weighted by Crippen LogP contribution is 2.27. The number of hydrogen-bond donors (Lipinski definition) is 1. The average molecular weight is 419 g/mol. The van der Waals surface area contributed by atoms with E-state index in [1.54, 1.807) is 20.5 Å². The largest absolute Gasteiger partial charge is 0.496 e. The number of hydrogen-bond acceptors (Lipinski definition) is 7. The highest BCUT2D eigenvalue weighted by atomic mass is 16.5. The van der Waals surface area contributed by atoms with Gasteiger partial charge in [0.15, 0.2) is 5.65 Å². The predicted octanol–water partition coefficient (Wildman–Crippen LogP) is 3.76. The molecule has 8 nitrogen and oxygen atoms in total. The first kappa shape index (κ1) is 20.7. The van der Waals surface area contributed by atoms with Crippen molar-refractivity contribution in [2.75, 3.05) is 32.7 Å². The van der Waals surface area contributed by atoms with E-state index in [0.29, 0.717) is 13.2 Å². The van der Waals surface area contributed by atoms with Crippen LogP contribution in [0.5, 0.6) is 5.75 Å². The van der Waals surface area contributed by atoms with Crippen LogP contribution in [0.15, 0.2) is 55.1 Å². The summed E-state index contributed by atoms with van der Waals surface area (Å²) < 4.78 is 12.5. The molecule has 0 radical (unpaired) electrons. The van der Waals surface area contributed by atoms with Crippen molar-refractivity contribution in [2.45, 2.75) is 19.4 Å². The number of aromatic nitrogens is 5. The molecule has 0 aliphatic carbocycles. The minimum absolute atomic E-state index is 0.255. The predicted molar refractivity (Wildman–Crippen MR) is 120 cm³/mol. The molecule has 0 fully saturated rings. The highest BCUT2D eigenvalue weighted by molar-refractivity contribution is 5.80. The van der Waals surface area contributed by atoms with Gasteiger partial charge in [-0.25, -0.2) is 19.6 Å². The van der Waals surface area contributed by atoms with E-state index < -0.39 is 0 Å². The van der Waals surface area contributed by atoms with Crippen LogP contribution in [0.1, 0.15) is 18.4 Å². The van der Waals surface area contributed by atoms with Gasteiger partial charge in [-0.15, -0.1) is 0 Å². The van der Waals surface area contributed by atoms with Gasteiger partial charge in [-0.05, 0) is 17.7 Å². The van der Waals surface area contributed by atoms with Crippen LogP contribution in [0.4, 0.5) is 5.82 Å². The third kappa shape index (κ3) is 4.64. The fourth-order valence-corrected chi connectivity index (χ4v) is 3.51. The average Bonchev–Trinajstić information content (AvgIpc) is 3.23. The van der Waals surface area contributed by atoms with Crippen LogP contribution in [-0.2, 0) is 11.3 Å². The van der Waals surface area contributed by atoms with E-state index in [9.17, 15) is 0 Å². The summed E-state index contributed by atoms with van der Waals surface area (Å²) in [5.74, 6) is 1.92. The molecule has 0 spiro atoms. The summed E-state index contributed by atoms with van der Waals surface area (Å²) in [6.07, 6.45) is 5.20. The summed E-state index contributed by atoms with van der Waals surface area (Å²) in [5, 5.41) is 8.77. The lowest BCUT2D eigenvalue weighted by molar-refractivity contribution is 0.184. The molecule has 0 saturated heterocycles. The van der Waals surface area contributed by atoms with Crippen LogP contribution in [0.2, 0.25) is 0 Å². The number of pyridine rings is 1. The fraction of sp³-hybridized carbons (Fsp3) is 0.304. The number of methoxy groups -OCH3 is 2. The Hall–Kier alpha value is -3.52.